The summed E-state index contributed by atoms with van der Waals surface area (Å²) >= 11 is 4.55. The Morgan fingerprint density at radius 2 is 1.94 bits per heavy atom. The van der Waals surface area contributed by atoms with Gasteiger partial charge in [-0.05, 0) is 0 Å². The summed E-state index contributed by atoms with van der Waals surface area (Å²) in [5, 5.41) is 0. The molecule has 1 atom stereocenters. The monoisotopic (exact) mass is 252 g/mol. The zero-order valence-corrected chi connectivity index (χ0v) is 8.76. The largest absolute Gasteiger partial charge is 0.401 e. The van der Waals surface area contributed by atoms with Crippen LogP contribution in [0.4, 0.5) is 13.2 Å². The predicted octanol–water partition coefficient (Wildman–Crippen LogP) is 3.01. The summed E-state index contributed by atoms with van der Waals surface area (Å²) in [7, 11) is 0. The zero-order chi connectivity index (χ0) is 12.2. The van der Waals surface area contributed by atoms with Crippen LogP contribution in [0.1, 0.15) is 10.4 Å². The van der Waals surface area contributed by atoms with Crippen molar-refractivity contribution in [3.8, 4) is 0 Å². The number of carbonyl (C=O) groups is 1. The molecule has 0 heterocycles. The predicted molar refractivity (Wildman–Crippen MR) is 52.4 cm³/mol. The summed E-state index contributed by atoms with van der Waals surface area (Å²) in [6.45, 7) is -0.926. The quantitative estimate of drug-likeness (QED) is 0.595. The molecule has 0 aliphatic rings. The smallest absolute Gasteiger partial charge is 0.309 e. The molecule has 0 fully saturated rings. The van der Waals surface area contributed by atoms with Crippen LogP contribution in [0.25, 0.3) is 0 Å². The van der Waals surface area contributed by atoms with E-state index in [0.717, 1.165) is 0 Å². The average molecular weight is 253 g/mol. The molecule has 16 heavy (non-hydrogen) atoms. The first kappa shape index (κ1) is 13.0. The van der Waals surface area contributed by atoms with Gasteiger partial charge >= 0.3 is 6.11 Å². The molecular weight excluding hydrogens is 245 g/mol. The highest BCUT2D eigenvalue weighted by atomic mass is 35.5. The van der Waals surface area contributed by atoms with Gasteiger partial charge in [0.2, 0.25) is 0 Å². The lowest BCUT2D eigenvalue weighted by Gasteiger charge is -2.15. The Morgan fingerprint density at radius 1 is 1.38 bits per heavy atom. The first-order valence-corrected chi connectivity index (χ1v) is 4.75. The molecule has 0 aliphatic heterocycles. The molecule has 1 aromatic rings. The third-order valence-corrected chi connectivity index (χ3v) is 2.00. The summed E-state index contributed by atoms with van der Waals surface area (Å²) in [6, 6.07) is 7.70. The fourth-order valence-corrected chi connectivity index (χ4v) is 0.995. The molecule has 0 aliphatic carbocycles. The standard InChI is InChI=1S/C10H8ClF3O2/c11-9(12)10(13,14)16-6-8(15)7-4-2-1-3-5-7/h1-5,9H,6H2/t9-/m0/s1. The summed E-state index contributed by atoms with van der Waals surface area (Å²) in [4.78, 5) is 11.3. The Morgan fingerprint density at radius 3 is 2.44 bits per heavy atom. The lowest BCUT2D eigenvalue weighted by molar-refractivity contribution is -0.249. The van der Waals surface area contributed by atoms with E-state index in [1.54, 1.807) is 18.2 Å². The van der Waals surface area contributed by atoms with Gasteiger partial charge in [-0.3, -0.25) is 4.79 Å². The topological polar surface area (TPSA) is 26.3 Å². The second kappa shape index (κ2) is 5.32. The number of hydrogen-bond donors (Lipinski definition) is 0. The van der Waals surface area contributed by atoms with E-state index in [1.165, 1.54) is 12.1 Å². The minimum atomic E-state index is -4.16. The van der Waals surface area contributed by atoms with E-state index in [0.29, 0.717) is 0 Å². The molecule has 0 aromatic heterocycles. The van der Waals surface area contributed by atoms with E-state index in [9.17, 15) is 18.0 Å². The highest BCUT2D eigenvalue weighted by Gasteiger charge is 2.40. The first-order chi connectivity index (χ1) is 7.43. The fourth-order valence-electron chi connectivity index (χ4n) is 0.932. The summed E-state index contributed by atoms with van der Waals surface area (Å²) < 4.78 is 41.0. The van der Waals surface area contributed by atoms with Crippen LogP contribution in [0.5, 0.6) is 0 Å². The maximum absolute atomic E-state index is 12.5. The van der Waals surface area contributed by atoms with Crippen molar-refractivity contribution in [2.75, 3.05) is 6.61 Å². The van der Waals surface area contributed by atoms with Crippen LogP contribution < -0.4 is 0 Å². The number of ketones is 1. The van der Waals surface area contributed by atoms with Crippen molar-refractivity contribution in [2.24, 2.45) is 0 Å². The molecule has 0 amide bonds. The highest BCUT2D eigenvalue weighted by molar-refractivity contribution is 6.20. The number of rotatable bonds is 5. The van der Waals surface area contributed by atoms with E-state index >= 15 is 0 Å². The van der Waals surface area contributed by atoms with E-state index in [-0.39, 0.29) is 5.56 Å². The number of benzene rings is 1. The van der Waals surface area contributed by atoms with Crippen molar-refractivity contribution < 1.29 is 22.7 Å². The van der Waals surface area contributed by atoms with Gasteiger partial charge in [-0.2, -0.15) is 8.78 Å². The molecule has 6 heteroatoms. The molecular formula is C10H8ClF3O2. The maximum atomic E-state index is 12.5. The van der Waals surface area contributed by atoms with Gasteiger partial charge in [-0.1, -0.05) is 41.9 Å². The Balaban J connectivity index is 2.54. The van der Waals surface area contributed by atoms with Gasteiger partial charge in [0.15, 0.2) is 5.78 Å². The van der Waals surface area contributed by atoms with Crippen molar-refractivity contribution in [1.82, 2.24) is 0 Å². The van der Waals surface area contributed by atoms with Crippen molar-refractivity contribution >= 4 is 17.4 Å². The first-order valence-electron chi connectivity index (χ1n) is 4.31. The minimum absolute atomic E-state index is 0.211. The summed E-state index contributed by atoms with van der Waals surface area (Å²) in [6.07, 6.45) is -4.16. The van der Waals surface area contributed by atoms with Crippen molar-refractivity contribution in [3.63, 3.8) is 0 Å². The second-order valence-corrected chi connectivity index (χ2v) is 3.32. The molecule has 0 spiro atoms. The molecule has 88 valence electrons. The van der Waals surface area contributed by atoms with E-state index < -0.39 is 24.1 Å². The van der Waals surface area contributed by atoms with Gasteiger partial charge in [0.05, 0.1) is 0 Å². The van der Waals surface area contributed by atoms with Gasteiger partial charge in [-0.15, -0.1) is 0 Å². The van der Waals surface area contributed by atoms with Gasteiger partial charge in [-0.25, -0.2) is 4.39 Å². The molecule has 0 unspecified atom stereocenters. The third kappa shape index (κ3) is 3.50. The molecule has 2 nitrogen and oxygen atoms in total. The molecule has 0 saturated carbocycles. The van der Waals surface area contributed by atoms with Crippen molar-refractivity contribution in [1.29, 1.82) is 0 Å². The van der Waals surface area contributed by atoms with Gasteiger partial charge in [0.25, 0.3) is 5.63 Å². The molecule has 0 radical (unpaired) electrons. The second-order valence-electron chi connectivity index (χ2n) is 2.94. The van der Waals surface area contributed by atoms with Crippen LogP contribution in [0.3, 0.4) is 0 Å². The van der Waals surface area contributed by atoms with E-state index in [4.69, 9.17) is 0 Å². The number of carbonyl (C=O) groups excluding carboxylic acids is 1. The molecule has 1 aromatic carbocycles. The number of alkyl halides is 4. The van der Waals surface area contributed by atoms with E-state index in [2.05, 4.69) is 16.3 Å². The van der Waals surface area contributed by atoms with Crippen LogP contribution >= 0.6 is 11.6 Å². The van der Waals surface area contributed by atoms with Crippen LogP contribution in [-0.4, -0.2) is 24.1 Å². The van der Waals surface area contributed by atoms with Gasteiger partial charge in [0.1, 0.15) is 6.61 Å². The zero-order valence-electron chi connectivity index (χ0n) is 8.00. The number of ether oxygens (including phenoxy) is 1. The Hall–Kier alpha value is -1.07. The molecule has 1 rings (SSSR count). The lowest BCUT2D eigenvalue weighted by atomic mass is 10.1. The Labute approximate surface area is 95.0 Å². The number of hydrogen-bond acceptors (Lipinski definition) is 2. The van der Waals surface area contributed by atoms with Crippen LogP contribution in [0, 0.1) is 0 Å². The van der Waals surface area contributed by atoms with Crippen LogP contribution in [0.15, 0.2) is 30.3 Å². The van der Waals surface area contributed by atoms with E-state index in [1.807, 2.05) is 0 Å². The highest BCUT2D eigenvalue weighted by Crippen LogP contribution is 2.25. The summed E-state index contributed by atoms with van der Waals surface area (Å²) in [5.74, 6) is -0.669. The number of halogens is 4. The van der Waals surface area contributed by atoms with Crippen LogP contribution in [0.2, 0.25) is 0 Å². The van der Waals surface area contributed by atoms with Crippen LogP contribution in [-0.2, 0) is 4.74 Å². The van der Waals surface area contributed by atoms with Crippen molar-refractivity contribution in [2.45, 2.75) is 11.7 Å². The Kier molecular flexibility index (Phi) is 4.32. The van der Waals surface area contributed by atoms with Gasteiger partial charge in [0, 0.05) is 5.56 Å². The van der Waals surface area contributed by atoms with Crippen molar-refractivity contribution in [3.05, 3.63) is 35.9 Å². The lowest BCUT2D eigenvalue weighted by Crippen LogP contribution is -2.31. The number of Topliss-reactive ketones (excluding diaryl/α,β-unsaturated/α-hetero) is 1. The maximum Gasteiger partial charge on any atom is 0.401 e. The third-order valence-electron chi connectivity index (χ3n) is 1.75. The SMILES string of the molecule is O=C(COC(F)(F)[C@H](F)Cl)c1ccccc1. The molecule has 0 bridgehead atoms. The fraction of sp³-hybridized carbons (Fsp3) is 0.300. The summed E-state index contributed by atoms with van der Waals surface area (Å²) in [5.41, 5.74) is -2.76. The normalized spacial score (nSPS) is 13.5. The van der Waals surface area contributed by atoms with Gasteiger partial charge < -0.3 is 4.74 Å². The molecule has 0 saturated heterocycles. The Bertz CT molecular complexity index is 354. The average Bonchev–Trinajstić information content (AvgIpc) is 2.27. The minimum Gasteiger partial charge on any atom is -0.309 e. The molecule has 0 N–H and O–H groups in total.